The summed E-state index contributed by atoms with van der Waals surface area (Å²) in [5.74, 6) is -0.848. The number of halogens is 2. The molecule has 2 atom stereocenters. The number of hydrogen-bond acceptors (Lipinski definition) is 5. The molecule has 1 saturated heterocycles. The van der Waals surface area contributed by atoms with Crippen molar-refractivity contribution in [1.29, 1.82) is 0 Å². The second-order valence-electron chi connectivity index (χ2n) is 5.13. The number of aromatic amines is 1. The fourth-order valence-corrected chi connectivity index (χ4v) is 2.53. The molecule has 2 aromatic heterocycles. The van der Waals surface area contributed by atoms with E-state index in [0.717, 1.165) is 0 Å². The van der Waals surface area contributed by atoms with Gasteiger partial charge in [0.15, 0.2) is 0 Å². The summed E-state index contributed by atoms with van der Waals surface area (Å²) in [6.07, 6.45) is 2.26. The number of nitrogens with one attached hydrogen (secondary N) is 2. The Morgan fingerprint density at radius 3 is 3.09 bits per heavy atom. The van der Waals surface area contributed by atoms with Crippen LogP contribution in [0.4, 0.5) is 10.3 Å². The van der Waals surface area contributed by atoms with Crippen LogP contribution in [0.1, 0.15) is 16.9 Å². The predicted molar refractivity (Wildman–Crippen MR) is 81.5 cm³/mol. The van der Waals surface area contributed by atoms with Crippen LogP contribution < -0.4 is 5.32 Å². The quantitative estimate of drug-likeness (QED) is 0.790. The molecule has 2 aromatic rings. The maximum Gasteiger partial charge on any atom is 0.352 e. The number of carboxylic acid groups (broad SMARTS) is 1. The predicted octanol–water partition coefficient (Wildman–Crippen LogP) is 2.36. The van der Waals surface area contributed by atoms with Crippen LogP contribution in [0.2, 0.25) is 5.02 Å². The van der Waals surface area contributed by atoms with Gasteiger partial charge in [-0.1, -0.05) is 11.6 Å². The van der Waals surface area contributed by atoms with Crippen molar-refractivity contribution in [3.05, 3.63) is 29.2 Å². The van der Waals surface area contributed by atoms with Gasteiger partial charge in [-0.3, -0.25) is 0 Å². The molecule has 0 saturated carbocycles. The number of carboxylic acids is 1. The number of carbonyl (C=O) groups is 1. The zero-order chi connectivity index (χ0) is 16.4. The Morgan fingerprint density at radius 1 is 1.57 bits per heavy atom. The van der Waals surface area contributed by atoms with E-state index in [0.29, 0.717) is 24.3 Å². The third kappa shape index (κ3) is 3.43. The topological polar surface area (TPSA) is 100 Å². The lowest BCUT2D eigenvalue weighted by Crippen LogP contribution is -2.39. The molecule has 7 nitrogen and oxygen atoms in total. The van der Waals surface area contributed by atoms with Crippen molar-refractivity contribution >= 4 is 23.5 Å². The van der Waals surface area contributed by atoms with Gasteiger partial charge in [0.1, 0.15) is 11.9 Å². The van der Waals surface area contributed by atoms with E-state index in [-0.39, 0.29) is 23.3 Å². The van der Waals surface area contributed by atoms with Gasteiger partial charge in [0, 0.05) is 18.4 Å². The summed E-state index contributed by atoms with van der Waals surface area (Å²) in [6, 6.07) is 0.991. The zero-order valence-electron chi connectivity index (χ0n) is 11.9. The van der Waals surface area contributed by atoms with Gasteiger partial charge in [-0.05, 0) is 12.5 Å². The molecule has 1 aliphatic heterocycles. The van der Waals surface area contributed by atoms with Gasteiger partial charge in [0.25, 0.3) is 0 Å². The minimum atomic E-state index is -1.14. The van der Waals surface area contributed by atoms with Gasteiger partial charge < -0.3 is 20.1 Å². The first-order valence-corrected chi connectivity index (χ1v) is 7.35. The molecular weight excluding hydrogens is 327 g/mol. The summed E-state index contributed by atoms with van der Waals surface area (Å²) in [4.78, 5) is 21.9. The van der Waals surface area contributed by atoms with Crippen LogP contribution in [0.5, 0.6) is 0 Å². The van der Waals surface area contributed by atoms with Gasteiger partial charge in [0.05, 0.1) is 29.6 Å². The summed E-state index contributed by atoms with van der Waals surface area (Å²) in [5.41, 5.74) is 0.912. The van der Waals surface area contributed by atoms with Gasteiger partial charge in [-0.2, -0.15) is 0 Å². The average molecular weight is 341 g/mol. The highest BCUT2D eigenvalue weighted by Crippen LogP contribution is 2.27. The maximum absolute atomic E-state index is 13.8. The minimum Gasteiger partial charge on any atom is -0.477 e. The molecule has 122 valence electrons. The Bertz CT molecular complexity index is 724. The Kier molecular flexibility index (Phi) is 4.44. The normalized spacial score (nSPS) is 21.1. The molecule has 3 heterocycles. The van der Waals surface area contributed by atoms with Crippen LogP contribution >= 0.6 is 11.6 Å². The molecule has 1 aliphatic rings. The first kappa shape index (κ1) is 15.7. The van der Waals surface area contributed by atoms with Crippen molar-refractivity contribution in [3.8, 4) is 11.3 Å². The number of nitrogens with zero attached hydrogens (tertiary/aromatic N) is 2. The van der Waals surface area contributed by atoms with Crippen LogP contribution in [0.15, 0.2) is 18.5 Å². The number of aromatic nitrogens is 3. The lowest BCUT2D eigenvalue weighted by Gasteiger charge is -2.26. The molecule has 0 amide bonds. The molecule has 0 radical (unpaired) electrons. The zero-order valence-corrected chi connectivity index (χ0v) is 12.7. The number of ether oxygens (including phenoxy) is 1. The summed E-state index contributed by atoms with van der Waals surface area (Å²) in [7, 11) is 0. The summed E-state index contributed by atoms with van der Waals surface area (Å²) in [5, 5.41) is 12.2. The fraction of sp³-hybridized carbons (Fsp3) is 0.357. The molecule has 23 heavy (non-hydrogen) atoms. The highest BCUT2D eigenvalue weighted by molar-refractivity contribution is 6.32. The number of anilines is 1. The summed E-state index contributed by atoms with van der Waals surface area (Å²) >= 11 is 6.08. The minimum absolute atomic E-state index is 0.0254. The highest BCUT2D eigenvalue weighted by Gasteiger charge is 2.26. The first-order valence-electron chi connectivity index (χ1n) is 6.97. The van der Waals surface area contributed by atoms with E-state index in [9.17, 15) is 9.18 Å². The standard InChI is InChI=1S/C14H14ClFN4O3/c15-8-5-18-14(19-10-1-2-23-6-9(10)16)20-12(8)7-3-11(13(21)22)17-4-7/h3-5,9-10,17H,1-2,6H2,(H,21,22)(H,18,19,20)/t9-,10+/m0/s1. The summed E-state index contributed by atoms with van der Waals surface area (Å²) in [6.45, 7) is 0.510. The smallest absolute Gasteiger partial charge is 0.352 e. The van der Waals surface area contributed by atoms with Crippen molar-refractivity contribution in [3.63, 3.8) is 0 Å². The van der Waals surface area contributed by atoms with Crippen LogP contribution in [-0.4, -0.2) is 51.5 Å². The molecule has 0 spiro atoms. The maximum atomic E-state index is 13.8. The number of rotatable bonds is 4. The molecule has 3 rings (SSSR count). The first-order chi connectivity index (χ1) is 11.0. The molecule has 0 bridgehead atoms. The van der Waals surface area contributed by atoms with E-state index in [1.165, 1.54) is 18.5 Å². The molecule has 9 heteroatoms. The van der Waals surface area contributed by atoms with E-state index in [1.807, 2.05) is 0 Å². The SMILES string of the molecule is O=C(O)c1cc(-c2nc(N[C@@H]3CCOC[C@@H]3F)ncc2Cl)c[nH]1. The van der Waals surface area contributed by atoms with Crippen LogP contribution in [-0.2, 0) is 4.74 Å². The van der Waals surface area contributed by atoms with Crippen LogP contribution in [0.25, 0.3) is 11.3 Å². The van der Waals surface area contributed by atoms with Gasteiger partial charge >= 0.3 is 5.97 Å². The highest BCUT2D eigenvalue weighted by atomic mass is 35.5. The van der Waals surface area contributed by atoms with Crippen molar-refractivity contribution in [2.75, 3.05) is 18.5 Å². The van der Waals surface area contributed by atoms with Crippen molar-refractivity contribution in [2.45, 2.75) is 18.6 Å². The largest absolute Gasteiger partial charge is 0.477 e. The molecular formula is C14H14ClFN4O3. The molecule has 0 aliphatic carbocycles. The van der Waals surface area contributed by atoms with Crippen molar-refractivity contribution in [1.82, 2.24) is 15.0 Å². The van der Waals surface area contributed by atoms with Crippen molar-refractivity contribution < 1.29 is 19.0 Å². The molecule has 3 N–H and O–H groups in total. The average Bonchev–Trinajstić information content (AvgIpc) is 3.01. The Morgan fingerprint density at radius 2 is 2.39 bits per heavy atom. The lowest BCUT2D eigenvalue weighted by atomic mass is 10.1. The van der Waals surface area contributed by atoms with Crippen molar-refractivity contribution in [2.24, 2.45) is 0 Å². The van der Waals surface area contributed by atoms with E-state index in [4.69, 9.17) is 21.4 Å². The van der Waals surface area contributed by atoms with E-state index >= 15 is 0 Å². The van der Waals surface area contributed by atoms with Gasteiger partial charge in [-0.15, -0.1) is 0 Å². The second kappa shape index (κ2) is 6.51. The van der Waals surface area contributed by atoms with Crippen LogP contribution in [0.3, 0.4) is 0 Å². The molecule has 0 unspecified atom stereocenters. The number of aromatic carboxylic acids is 1. The Hall–Kier alpha value is -2.19. The van der Waals surface area contributed by atoms with E-state index in [1.54, 1.807) is 0 Å². The fourth-order valence-electron chi connectivity index (χ4n) is 2.33. The van der Waals surface area contributed by atoms with E-state index < -0.39 is 18.2 Å². The molecule has 1 fully saturated rings. The second-order valence-corrected chi connectivity index (χ2v) is 5.53. The van der Waals surface area contributed by atoms with Gasteiger partial charge in [0.2, 0.25) is 5.95 Å². The van der Waals surface area contributed by atoms with E-state index in [2.05, 4.69) is 20.3 Å². The third-order valence-electron chi connectivity index (χ3n) is 3.53. The lowest BCUT2D eigenvalue weighted by molar-refractivity contribution is 0.0284. The molecule has 0 aromatic carbocycles. The number of alkyl halides is 1. The summed E-state index contributed by atoms with van der Waals surface area (Å²) < 4.78 is 18.8. The Labute approximate surface area is 135 Å². The monoisotopic (exact) mass is 340 g/mol. The number of hydrogen-bond donors (Lipinski definition) is 3. The number of H-pyrrole nitrogens is 1. The van der Waals surface area contributed by atoms with Gasteiger partial charge in [-0.25, -0.2) is 19.2 Å². The van der Waals surface area contributed by atoms with Crippen LogP contribution in [0, 0.1) is 0 Å². The third-order valence-corrected chi connectivity index (χ3v) is 3.81. The Balaban J connectivity index is 1.85.